The van der Waals surface area contributed by atoms with E-state index in [1.54, 1.807) is 7.11 Å². The van der Waals surface area contributed by atoms with Gasteiger partial charge in [-0.05, 0) is 30.2 Å². The Morgan fingerprint density at radius 3 is 2.63 bits per heavy atom. The van der Waals surface area contributed by atoms with Gasteiger partial charge < -0.3 is 23.7 Å². The van der Waals surface area contributed by atoms with Crippen molar-refractivity contribution in [3.8, 4) is 17.2 Å². The van der Waals surface area contributed by atoms with Gasteiger partial charge in [0.15, 0.2) is 11.5 Å². The summed E-state index contributed by atoms with van der Waals surface area (Å²) in [4.78, 5) is 12.0. The van der Waals surface area contributed by atoms with E-state index >= 15 is 0 Å². The Bertz CT molecular complexity index is 774. The number of hydrogen-bond acceptors (Lipinski definition) is 6. The predicted molar refractivity (Wildman–Crippen MR) is 99.2 cm³/mol. The lowest BCUT2D eigenvalue weighted by Crippen LogP contribution is -2.22. The molecule has 0 fully saturated rings. The maximum absolute atomic E-state index is 12.0. The molecule has 27 heavy (non-hydrogen) atoms. The molecule has 0 bridgehead atoms. The van der Waals surface area contributed by atoms with Crippen LogP contribution in [0.5, 0.6) is 17.2 Å². The zero-order chi connectivity index (χ0) is 19.2. The van der Waals surface area contributed by atoms with E-state index in [0.29, 0.717) is 23.9 Å². The summed E-state index contributed by atoms with van der Waals surface area (Å²) < 4.78 is 27.3. The van der Waals surface area contributed by atoms with Gasteiger partial charge in [-0.1, -0.05) is 30.3 Å². The molecule has 1 aliphatic rings. The number of methoxy groups -OCH3 is 2. The molecule has 6 heteroatoms. The first-order valence-electron chi connectivity index (χ1n) is 8.82. The van der Waals surface area contributed by atoms with Crippen LogP contribution < -0.4 is 14.2 Å². The van der Waals surface area contributed by atoms with Gasteiger partial charge in [-0.3, -0.25) is 4.79 Å². The molecule has 0 N–H and O–H groups in total. The number of rotatable bonds is 8. The highest BCUT2D eigenvalue weighted by Crippen LogP contribution is 2.44. The summed E-state index contributed by atoms with van der Waals surface area (Å²) in [5, 5.41) is 0. The minimum absolute atomic E-state index is 0.150. The van der Waals surface area contributed by atoms with Crippen LogP contribution in [0, 0.1) is 0 Å². The molecule has 0 saturated carbocycles. The summed E-state index contributed by atoms with van der Waals surface area (Å²) >= 11 is 0. The van der Waals surface area contributed by atoms with Crippen LogP contribution in [0.15, 0.2) is 42.5 Å². The molecule has 0 aromatic heterocycles. The van der Waals surface area contributed by atoms with Crippen molar-refractivity contribution in [3.63, 3.8) is 0 Å². The Balaban J connectivity index is 1.83. The maximum atomic E-state index is 12.0. The summed E-state index contributed by atoms with van der Waals surface area (Å²) in [6, 6.07) is 13.7. The van der Waals surface area contributed by atoms with Gasteiger partial charge in [0.05, 0.1) is 33.4 Å². The van der Waals surface area contributed by atoms with Crippen LogP contribution in [0.25, 0.3) is 0 Å². The summed E-state index contributed by atoms with van der Waals surface area (Å²) in [7, 11) is 2.96. The van der Waals surface area contributed by atoms with Crippen LogP contribution in [0.4, 0.5) is 0 Å². The molecule has 0 amide bonds. The maximum Gasteiger partial charge on any atom is 0.306 e. The Morgan fingerprint density at radius 1 is 1.15 bits per heavy atom. The lowest BCUT2D eigenvalue weighted by atomic mass is 9.90. The Morgan fingerprint density at radius 2 is 1.93 bits per heavy atom. The lowest BCUT2D eigenvalue weighted by molar-refractivity contribution is -0.142. The topological polar surface area (TPSA) is 63.2 Å². The minimum Gasteiger partial charge on any atom is -0.493 e. The number of carbonyl (C=O) groups excluding carboxylic acids is 1. The highest BCUT2D eigenvalue weighted by Gasteiger charge is 2.28. The SMILES string of the molecule is COC(=O)C[C@H](c1cc(OC)c2c(c1)OCO2)[C@H](C)OCc1ccccc1. The van der Waals surface area contributed by atoms with E-state index < -0.39 is 0 Å². The van der Waals surface area contributed by atoms with Crippen LogP contribution in [-0.2, 0) is 20.9 Å². The Hall–Kier alpha value is -2.73. The van der Waals surface area contributed by atoms with Crippen molar-refractivity contribution in [2.75, 3.05) is 21.0 Å². The predicted octanol–water partition coefficient (Wildman–Crippen LogP) is 3.68. The van der Waals surface area contributed by atoms with E-state index in [0.717, 1.165) is 11.1 Å². The van der Waals surface area contributed by atoms with E-state index in [1.807, 2.05) is 49.4 Å². The van der Waals surface area contributed by atoms with E-state index in [-0.39, 0.29) is 31.2 Å². The van der Waals surface area contributed by atoms with E-state index in [9.17, 15) is 4.79 Å². The monoisotopic (exact) mass is 372 g/mol. The number of fused-ring (bicyclic) bond motifs is 1. The van der Waals surface area contributed by atoms with Crippen LogP contribution in [0.1, 0.15) is 30.4 Å². The Kier molecular flexibility index (Phi) is 6.19. The smallest absolute Gasteiger partial charge is 0.306 e. The third-order valence-electron chi connectivity index (χ3n) is 4.65. The molecule has 1 aliphatic heterocycles. The van der Waals surface area contributed by atoms with E-state index in [4.69, 9.17) is 23.7 Å². The van der Waals surface area contributed by atoms with E-state index in [2.05, 4.69) is 0 Å². The normalized spacial score (nSPS) is 14.5. The first-order chi connectivity index (χ1) is 13.1. The highest BCUT2D eigenvalue weighted by molar-refractivity contribution is 5.71. The van der Waals surface area contributed by atoms with Crippen molar-refractivity contribution in [1.29, 1.82) is 0 Å². The van der Waals surface area contributed by atoms with Gasteiger partial charge in [0.1, 0.15) is 0 Å². The average molecular weight is 372 g/mol. The second kappa shape index (κ2) is 8.77. The number of ether oxygens (including phenoxy) is 5. The van der Waals surface area contributed by atoms with Crippen molar-refractivity contribution in [2.45, 2.75) is 32.0 Å². The van der Waals surface area contributed by atoms with Crippen LogP contribution >= 0.6 is 0 Å². The number of hydrogen-bond donors (Lipinski definition) is 0. The molecular formula is C21H24O6. The Labute approximate surface area is 158 Å². The van der Waals surface area contributed by atoms with Crippen molar-refractivity contribution in [3.05, 3.63) is 53.6 Å². The fraction of sp³-hybridized carbons (Fsp3) is 0.381. The van der Waals surface area contributed by atoms with Crippen LogP contribution in [-0.4, -0.2) is 33.1 Å². The molecule has 0 unspecified atom stereocenters. The van der Waals surface area contributed by atoms with Gasteiger partial charge in [-0.2, -0.15) is 0 Å². The minimum atomic E-state index is -0.299. The van der Waals surface area contributed by atoms with Crippen LogP contribution in [0.2, 0.25) is 0 Å². The molecule has 0 saturated heterocycles. The summed E-state index contributed by atoms with van der Waals surface area (Å²) in [6.07, 6.45) is -0.0377. The second-order valence-corrected chi connectivity index (χ2v) is 6.35. The van der Waals surface area contributed by atoms with Gasteiger partial charge in [-0.15, -0.1) is 0 Å². The molecule has 0 radical (unpaired) electrons. The third-order valence-corrected chi connectivity index (χ3v) is 4.65. The number of carbonyl (C=O) groups is 1. The van der Waals surface area contributed by atoms with E-state index in [1.165, 1.54) is 7.11 Å². The highest BCUT2D eigenvalue weighted by atomic mass is 16.7. The molecule has 2 aromatic carbocycles. The molecule has 0 spiro atoms. The average Bonchev–Trinajstić information content (AvgIpc) is 3.18. The van der Waals surface area contributed by atoms with Gasteiger partial charge in [0.25, 0.3) is 0 Å². The third kappa shape index (κ3) is 4.52. The molecule has 3 rings (SSSR count). The first-order valence-corrected chi connectivity index (χ1v) is 8.82. The quantitative estimate of drug-likeness (QED) is 0.659. The molecular weight excluding hydrogens is 348 g/mol. The zero-order valence-electron chi connectivity index (χ0n) is 15.8. The standard InChI is InChI=1S/C21H24O6/c1-14(25-12-15-7-5-4-6-8-15)17(11-20(22)24-3)16-9-18(23-2)21-19(10-16)26-13-27-21/h4-10,14,17H,11-13H2,1-3H3/t14-,17-/m0/s1. The fourth-order valence-corrected chi connectivity index (χ4v) is 3.10. The van der Waals surface area contributed by atoms with Gasteiger partial charge >= 0.3 is 5.97 Å². The van der Waals surface area contributed by atoms with Crippen molar-refractivity contribution < 1.29 is 28.5 Å². The summed E-state index contributed by atoms with van der Waals surface area (Å²) in [5.41, 5.74) is 1.95. The lowest BCUT2D eigenvalue weighted by Gasteiger charge is -2.25. The molecule has 6 nitrogen and oxygen atoms in total. The van der Waals surface area contributed by atoms with Crippen molar-refractivity contribution in [1.82, 2.24) is 0 Å². The van der Waals surface area contributed by atoms with Gasteiger partial charge in [0.2, 0.25) is 12.5 Å². The van der Waals surface area contributed by atoms with Gasteiger partial charge in [0, 0.05) is 5.92 Å². The first kappa shape index (κ1) is 19.0. The fourth-order valence-electron chi connectivity index (χ4n) is 3.10. The number of benzene rings is 2. The molecule has 1 heterocycles. The summed E-state index contributed by atoms with van der Waals surface area (Å²) in [6.45, 7) is 2.56. The van der Waals surface area contributed by atoms with Crippen molar-refractivity contribution in [2.24, 2.45) is 0 Å². The molecule has 2 atom stereocenters. The second-order valence-electron chi connectivity index (χ2n) is 6.35. The molecule has 144 valence electrons. The molecule has 2 aromatic rings. The molecule has 0 aliphatic carbocycles. The largest absolute Gasteiger partial charge is 0.493 e. The zero-order valence-corrected chi connectivity index (χ0v) is 15.8. The number of esters is 1. The van der Waals surface area contributed by atoms with Gasteiger partial charge in [-0.25, -0.2) is 0 Å². The van der Waals surface area contributed by atoms with Crippen LogP contribution in [0.3, 0.4) is 0 Å². The van der Waals surface area contributed by atoms with Crippen molar-refractivity contribution >= 4 is 5.97 Å². The summed E-state index contributed by atoms with van der Waals surface area (Å²) in [5.74, 6) is 1.24.